The molecule has 1 atom stereocenters. The highest BCUT2D eigenvalue weighted by Crippen LogP contribution is 2.34. The molecule has 5 heteroatoms. The van der Waals surface area contributed by atoms with Crippen molar-refractivity contribution < 1.29 is 9.50 Å². The second-order valence-corrected chi connectivity index (χ2v) is 5.79. The largest absolute Gasteiger partial charge is 0.396 e. The molecule has 0 bridgehead atoms. The molecule has 0 radical (unpaired) electrons. The van der Waals surface area contributed by atoms with Crippen molar-refractivity contribution in [2.45, 2.75) is 31.7 Å². The fourth-order valence-corrected chi connectivity index (χ4v) is 3.36. The Kier molecular flexibility index (Phi) is 4.43. The molecule has 0 spiro atoms. The summed E-state index contributed by atoms with van der Waals surface area (Å²) in [5.74, 6) is 0.575. The van der Waals surface area contributed by atoms with Crippen molar-refractivity contribution in [3.8, 4) is 0 Å². The average molecular weight is 303 g/mol. The van der Waals surface area contributed by atoms with Gasteiger partial charge in [0.15, 0.2) is 0 Å². The molecule has 1 saturated heterocycles. The van der Waals surface area contributed by atoms with Gasteiger partial charge in [-0.1, -0.05) is 0 Å². The van der Waals surface area contributed by atoms with E-state index in [-0.39, 0.29) is 18.5 Å². The predicted molar refractivity (Wildman–Crippen MR) is 87.9 cm³/mol. The Morgan fingerprint density at radius 2 is 2.23 bits per heavy atom. The Morgan fingerprint density at radius 1 is 1.36 bits per heavy atom. The van der Waals surface area contributed by atoms with Gasteiger partial charge >= 0.3 is 0 Å². The number of aromatic nitrogens is 1. The van der Waals surface area contributed by atoms with E-state index in [9.17, 15) is 9.50 Å². The Hall–Kier alpha value is -1.88. The van der Waals surface area contributed by atoms with E-state index < -0.39 is 0 Å². The third kappa shape index (κ3) is 2.73. The lowest BCUT2D eigenvalue weighted by atomic mass is 9.98. The number of aliphatic hydroxyl groups excluding tert-OH is 1. The van der Waals surface area contributed by atoms with Crippen molar-refractivity contribution in [1.82, 2.24) is 4.98 Å². The van der Waals surface area contributed by atoms with Crippen molar-refractivity contribution in [2.75, 3.05) is 30.4 Å². The molecular weight excluding hydrogens is 281 g/mol. The normalized spacial score (nSPS) is 18.7. The number of fused-ring (bicyclic) bond motifs is 1. The summed E-state index contributed by atoms with van der Waals surface area (Å²) >= 11 is 0. The highest BCUT2D eigenvalue weighted by atomic mass is 19.1. The number of nitrogens with zero attached hydrogens (tertiary/aromatic N) is 2. The van der Waals surface area contributed by atoms with E-state index in [1.165, 1.54) is 12.5 Å². The second kappa shape index (κ2) is 6.48. The van der Waals surface area contributed by atoms with Crippen LogP contribution in [0.25, 0.3) is 10.8 Å². The summed E-state index contributed by atoms with van der Waals surface area (Å²) in [5, 5.41) is 14.2. The SMILES string of the molecule is CNc1cnc(N2CCCCC2CCO)c2cc(F)ccc12. The Labute approximate surface area is 130 Å². The summed E-state index contributed by atoms with van der Waals surface area (Å²) in [6.07, 6.45) is 5.86. The van der Waals surface area contributed by atoms with E-state index in [4.69, 9.17) is 0 Å². The van der Waals surface area contributed by atoms with Crippen LogP contribution in [0.5, 0.6) is 0 Å². The van der Waals surface area contributed by atoms with Gasteiger partial charge in [0.2, 0.25) is 0 Å². The van der Waals surface area contributed by atoms with Crippen LogP contribution in [0.3, 0.4) is 0 Å². The summed E-state index contributed by atoms with van der Waals surface area (Å²) in [6.45, 7) is 1.07. The third-order valence-corrected chi connectivity index (χ3v) is 4.46. The molecule has 118 valence electrons. The summed E-state index contributed by atoms with van der Waals surface area (Å²) in [6, 6.07) is 5.11. The molecule has 1 aromatic carbocycles. The first-order valence-corrected chi connectivity index (χ1v) is 7.88. The quantitative estimate of drug-likeness (QED) is 0.911. The number of piperidine rings is 1. The molecule has 3 rings (SSSR count). The van der Waals surface area contributed by atoms with Gasteiger partial charge in [-0.05, 0) is 43.9 Å². The molecule has 1 aromatic heterocycles. The zero-order valence-electron chi connectivity index (χ0n) is 12.8. The van der Waals surface area contributed by atoms with Crippen LogP contribution in [0.15, 0.2) is 24.4 Å². The van der Waals surface area contributed by atoms with Gasteiger partial charge in [0.25, 0.3) is 0 Å². The number of hydrogen-bond acceptors (Lipinski definition) is 4. The van der Waals surface area contributed by atoms with Crippen LogP contribution < -0.4 is 10.2 Å². The Morgan fingerprint density at radius 3 is 3.00 bits per heavy atom. The molecule has 1 unspecified atom stereocenters. The van der Waals surface area contributed by atoms with Crippen LogP contribution in [-0.2, 0) is 0 Å². The third-order valence-electron chi connectivity index (χ3n) is 4.46. The van der Waals surface area contributed by atoms with Crippen molar-refractivity contribution in [3.63, 3.8) is 0 Å². The highest BCUT2D eigenvalue weighted by molar-refractivity contribution is 6.00. The van der Waals surface area contributed by atoms with Crippen LogP contribution in [-0.4, -0.2) is 36.3 Å². The molecule has 0 amide bonds. The van der Waals surface area contributed by atoms with Gasteiger partial charge < -0.3 is 15.3 Å². The summed E-state index contributed by atoms with van der Waals surface area (Å²) in [7, 11) is 1.84. The fourth-order valence-electron chi connectivity index (χ4n) is 3.36. The second-order valence-electron chi connectivity index (χ2n) is 5.79. The molecule has 2 N–H and O–H groups in total. The number of aliphatic hydroxyl groups is 1. The summed E-state index contributed by atoms with van der Waals surface area (Å²) in [4.78, 5) is 6.83. The van der Waals surface area contributed by atoms with E-state index >= 15 is 0 Å². The van der Waals surface area contributed by atoms with E-state index in [1.54, 1.807) is 18.3 Å². The van der Waals surface area contributed by atoms with Gasteiger partial charge in [0.1, 0.15) is 11.6 Å². The molecule has 2 heterocycles. The minimum atomic E-state index is -0.250. The van der Waals surface area contributed by atoms with E-state index in [2.05, 4.69) is 15.2 Å². The van der Waals surface area contributed by atoms with Crippen molar-refractivity contribution in [2.24, 2.45) is 0 Å². The number of anilines is 2. The van der Waals surface area contributed by atoms with Crippen LogP contribution >= 0.6 is 0 Å². The number of hydrogen-bond donors (Lipinski definition) is 2. The van der Waals surface area contributed by atoms with Gasteiger partial charge in [-0.25, -0.2) is 9.37 Å². The Bertz CT molecular complexity index is 660. The molecule has 0 aliphatic carbocycles. The number of benzene rings is 1. The van der Waals surface area contributed by atoms with Gasteiger partial charge in [-0.15, -0.1) is 0 Å². The molecule has 2 aromatic rings. The monoisotopic (exact) mass is 303 g/mol. The maximum absolute atomic E-state index is 13.8. The molecule has 4 nitrogen and oxygen atoms in total. The van der Waals surface area contributed by atoms with Crippen molar-refractivity contribution in [3.05, 3.63) is 30.2 Å². The number of halogens is 1. The predicted octanol–water partition coefficient (Wildman–Crippen LogP) is 3.16. The number of rotatable bonds is 4. The van der Waals surface area contributed by atoms with Crippen molar-refractivity contribution in [1.29, 1.82) is 0 Å². The van der Waals surface area contributed by atoms with Crippen LogP contribution in [0.1, 0.15) is 25.7 Å². The van der Waals surface area contributed by atoms with Crippen molar-refractivity contribution >= 4 is 22.3 Å². The Balaban J connectivity index is 2.11. The van der Waals surface area contributed by atoms with E-state index in [0.717, 1.165) is 48.1 Å². The number of nitrogens with one attached hydrogen (secondary N) is 1. The van der Waals surface area contributed by atoms with Crippen LogP contribution in [0.2, 0.25) is 0 Å². The van der Waals surface area contributed by atoms with Gasteiger partial charge in [-0.2, -0.15) is 0 Å². The first-order valence-electron chi connectivity index (χ1n) is 7.88. The standard InChI is InChI=1S/C17H22FN3O/c1-19-16-11-20-17(15-10-12(18)5-6-14(15)16)21-8-3-2-4-13(21)7-9-22/h5-6,10-11,13,19,22H,2-4,7-9H2,1H3. The molecule has 1 aliphatic rings. The lowest BCUT2D eigenvalue weighted by Crippen LogP contribution is -2.40. The fraction of sp³-hybridized carbons (Fsp3) is 0.471. The first-order chi connectivity index (χ1) is 10.7. The summed E-state index contributed by atoms with van der Waals surface area (Å²) < 4.78 is 13.8. The van der Waals surface area contributed by atoms with Gasteiger partial charge in [-0.3, -0.25) is 0 Å². The molecule has 1 aliphatic heterocycles. The lowest BCUT2D eigenvalue weighted by Gasteiger charge is -2.37. The zero-order valence-corrected chi connectivity index (χ0v) is 12.8. The minimum Gasteiger partial charge on any atom is -0.396 e. The lowest BCUT2D eigenvalue weighted by molar-refractivity contribution is 0.262. The maximum atomic E-state index is 13.8. The topological polar surface area (TPSA) is 48.4 Å². The minimum absolute atomic E-state index is 0.169. The highest BCUT2D eigenvalue weighted by Gasteiger charge is 2.25. The van der Waals surface area contributed by atoms with Gasteiger partial charge in [0, 0.05) is 37.0 Å². The first kappa shape index (κ1) is 15.0. The smallest absolute Gasteiger partial charge is 0.136 e. The average Bonchev–Trinajstić information content (AvgIpc) is 2.54. The van der Waals surface area contributed by atoms with E-state index in [1.807, 2.05) is 7.05 Å². The molecule has 1 fully saturated rings. The van der Waals surface area contributed by atoms with Crippen LogP contribution in [0.4, 0.5) is 15.9 Å². The summed E-state index contributed by atoms with van der Waals surface area (Å²) in [5.41, 5.74) is 0.898. The van der Waals surface area contributed by atoms with Crippen LogP contribution in [0, 0.1) is 5.82 Å². The number of pyridine rings is 1. The maximum Gasteiger partial charge on any atom is 0.136 e. The van der Waals surface area contributed by atoms with E-state index in [0.29, 0.717) is 0 Å². The zero-order chi connectivity index (χ0) is 15.5. The van der Waals surface area contributed by atoms with Gasteiger partial charge in [0.05, 0.1) is 11.9 Å². The molecular formula is C17H22FN3O. The molecule has 22 heavy (non-hydrogen) atoms. The molecule has 0 saturated carbocycles.